The lowest BCUT2D eigenvalue weighted by Gasteiger charge is -2.41. The average Bonchev–Trinajstić information content (AvgIpc) is 2.80. The second-order valence-corrected chi connectivity index (χ2v) is 8.17. The summed E-state index contributed by atoms with van der Waals surface area (Å²) >= 11 is 0. The Kier molecular flexibility index (Phi) is 10.0. The van der Waals surface area contributed by atoms with Crippen molar-refractivity contribution in [3.8, 4) is 5.75 Å². The molecule has 2 aromatic rings. The van der Waals surface area contributed by atoms with Crippen molar-refractivity contribution in [3.63, 3.8) is 0 Å². The minimum Gasteiger partial charge on any atom is -0.489 e. The van der Waals surface area contributed by atoms with Gasteiger partial charge in [0.15, 0.2) is 0 Å². The van der Waals surface area contributed by atoms with E-state index in [2.05, 4.69) is 25.8 Å². The highest BCUT2D eigenvalue weighted by Crippen LogP contribution is 2.24. The Morgan fingerprint density at radius 3 is 2.33 bits per heavy atom. The summed E-state index contributed by atoms with van der Waals surface area (Å²) in [6, 6.07) is 19.1. The lowest BCUT2D eigenvalue weighted by molar-refractivity contribution is -0.108. The maximum Gasteiger partial charge on any atom is 0.127 e. The molecular formula is C26H37NO3. The highest BCUT2D eigenvalue weighted by atomic mass is 16.5. The Morgan fingerprint density at radius 1 is 1.10 bits per heavy atom. The summed E-state index contributed by atoms with van der Waals surface area (Å²) in [5.41, 5.74) is 2.15. The van der Waals surface area contributed by atoms with Gasteiger partial charge in [0.25, 0.3) is 0 Å². The van der Waals surface area contributed by atoms with Gasteiger partial charge in [-0.15, -0.1) is 0 Å². The zero-order valence-electron chi connectivity index (χ0n) is 19.1. The van der Waals surface area contributed by atoms with Crippen LogP contribution in [0.15, 0.2) is 54.6 Å². The van der Waals surface area contributed by atoms with Gasteiger partial charge in [-0.2, -0.15) is 0 Å². The molecule has 0 aliphatic carbocycles. The molecule has 4 unspecified atom stereocenters. The molecular weight excluding hydrogens is 374 g/mol. The number of likely N-dealkylation sites (tertiary alicyclic amines) is 1. The van der Waals surface area contributed by atoms with E-state index in [1.54, 1.807) is 0 Å². The molecule has 1 saturated heterocycles. The van der Waals surface area contributed by atoms with Gasteiger partial charge in [0.2, 0.25) is 0 Å². The topological polar surface area (TPSA) is 38.8 Å². The third kappa shape index (κ3) is 7.26. The fourth-order valence-electron chi connectivity index (χ4n) is 3.81. The number of methoxy groups -OCH3 is 1. The summed E-state index contributed by atoms with van der Waals surface area (Å²) < 4.78 is 11.1. The van der Waals surface area contributed by atoms with Crippen LogP contribution < -0.4 is 4.74 Å². The molecule has 4 atom stereocenters. The summed E-state index contributed by atoms with van der Waals surface area (Å²) in [7, 11) is 4.06. The van der Waals surface area contributed by atoms with Gasteiger partial charge in [-0.1, -0.05) is 56.3 Å². The third-order valence-electron chi connectivity index (χ3n) is 6.07. The summed E-state index contributed by atoms with van der Waals surface area (Å²) in [5.74, 6) is 0.758. The van der Waals surface area contributed by atoms with Crippen LogP contribution in [0, 0.1) is 0 Å². The number of piperidine rings is 1. The summed E-state index contributed by atoms with van der Waals surface area (Å²) in [6.45, 7) is 6.98. The van der Waals surface area contributed by atoms with Crippen LogP contribution in [0.4, 0.5) is 0 Å². The molecule has 0 aromatic heterocycles. The smallest absolute Gasteiger partial charge is 0.127 e. The SMILES string of the molecule is CC(C=O)c1ccc(OCc2ccccc2)cc1.CCC1CC(OC)CC(C)N1C. The van der Waals surface area contributed by atoms with Crippen LogP contribution in [-0.4, -0.2) is 43.5 Å². The van der Waals surface area contributed by atoms with Gasteiger partial charge in [0.05, 0.1) is 6.10 Å². The Bertz CT molecular complexity index is 732. The van der Waals surface area contributed by atoms with Crippen molar-refractivity contribution < 1.29 is 14.3 Å². The van der Waals surface area contributed by atoms with E-state index in [9.17, 15) is 4.79 Å². The van der Waals surface area contributed by atoms with Gasteiger partial charge in [-0.25, -0.2) is 0 Å². The van der Waals surface area contributed by atoms with Crippen molar-refractivity contribution in [2.24, 2.45) is 0 Å². The second-order valence-electron chi connectivity index (χ2n) is 8.17. The molecule has 1 aliphatic rings. The zero-order chi connectivity index (χ0) is 21.9. The highest BCUT2D eigenvalue weighted by molar-refractivity contribution is 5.61. The monoisotopic (exact) mass is 411 g/mol. The Balaban J connectivity index is 0.000000232. The lowest BCUT2D eigenvalue weighted by Crippen LogP contribution is -2.47. The Hall–Kier alpha value is -2.17. The van der Waals surface area contributed by atoms with Gasteiger partial charge < -0.3 is 19.2 Å². The summed E-state index contributed by atoms with van der Waals surface area (Å²) in [5, 5.41) is 0. The molecule has 0 bridgehead atoms. The van der Waals surface area contributed by atoms with Crippen LogP contribution in [-0.2, 0) is 16.1 Å². The number of aldehydes is 1. The lowest BCUT2D eigenvalue weighted by atomic mass is 9.93. The molecule has 30 heavy (non-hydrogen) atoms. The quantitative estimate of drug-likeness (QED) is 0.567. The number of rotatable bonds is 7. The van der Waals surface area contributed by atoms with Crippen molar-refractivity contribution >= 4 is 6.29 Å². The van der Waals surface area contributed by atoms with Crippen molar-refractivity contribution in [2.75, 3.05) is 14.2 Å². The molecule has 2 aromatic carbocycles. The largest absolute Gasteiger partial charge is 0.489 e. The molecule has 1 aliphatic heterocycles. The van der Waals surface area contributed by atoms with E-state index in [1.807, 2.05) is 68.6 Å². The molecule has 0 radical (unpaired) electrons. The van der Waals surface area contributed by atoms with Crippen molar-refractivity contribution in [1.29, 1.82) is 0 Å². The number of carbonyl (C=O) groups is 1. The van der Waals surface area contributed by atoms with Crippen molar-refractivity contribution in [2.45, 2.75) is 70.7 Å². The highest BCUT2D eigenvalue weighted by Gasteiger charge is 2.29. The number of hydrogen-bond acceptors (Lipinski definition) is 4. The maximum atomic E-state index is 10.7. The van der Waals surface area contributed by atoms with Crippen LogP contribution in [0.2, 0.25) is 0 Å². The van der Waals surface area contributed by atoms with Gasteiger partial charge in [0, 0.05) is 25.1 Å². The fourth-order valence-corrected chi connectivity index (χ4v) is 3.81. The van der Waals surface area contributed by atoms with Crippen molar-refractivity contribution in [1.82, 2.24) is 4.90 Å². The van der Waals surface area contributed by atoms with Crippen LogP contribution >= 0.6 is 0 Å². The number of benzene rings is 2. The molecule has 0 amide bonds. The molecule has 0 N–H and O–H groups in total. The average molecular weight is 412 g/mol. The molecule has 164 valence electrons. The Morgan fingerprint density at radius 2 is 1.77 bits per heavy atom. The van der Waals surface area contributed by atoms with Gasteiger partial charge in [0.1, 0.15) is 18.6 Å². The fraction of sp³-hybridized carbons (Fsp3) is 0.500. The van der Waals surface area contributed by atoms with E-state index in [1.165, 1.54) is 19.3 Å². The number of carbonyl (C=O) groups excluding carboxylic acids is 1. The first-order valence-corrected chi connectivity index (χ1v) is 10.9. The van der Waals surface area contributed by atoms with Gasteiger partial charge >= 0.3 is 0 Å². The predicted octanol–water partition coefficient (Wildman–Crippen LogP) is 5.46. The molecule has 4 heteroatoms. The minimum atomic E-state index is -0.0619. The molecule has 1 fully saturated rings. The van der Waals surface area contributed by atoms with Gasteiger partial charge in [-0.05, 0) is 56.5 Å². The normalized spacial score (nSPS) is 22.5. The van der Waals surface area contributed by atoms with Crippen molar-refractivity contribution in [3.05, 3.63) is 65.7 Å². The van der Waals surface area contributed by atoms with E-state index in [0.717, 1.165) is 29.2 Å². The predicted molar refractivity (Wildman–Crippen MR) is 123 cm³/mol. The van der Waals surface area contributed by atoms with Crippen LogP contribution in [0.3, 0.4) is 0 Å². The minimum absolute atomic E-state index is 0.0619. The summed E-state index contributed by atoms with van der Waals surface area (Å²) in [4.78, 5) is 13.2. The van der Waals surface area contributed by atoms with Crippen LogP contribution in [0.25, 0.3) is 0 Å². The van der Waals surface area contributed by atoms with E-state index in [0.29, 0.717) is 18.8 Å². The second kappa shape index (κ2) is 12.5. The first-order chi connectivity index (χ1) is 14.5. The van der Waals surface area contributed by atoms with Crippen LogP contribution in [0.1, 0.15) is 57.1 Å². The molecule has 0 spiro atoms. The van der Waals surface area contributed by atoms with Gasteiger partial charge in [-0.3, -0.25) is 0 Å². The first kappa shape index (κ1) is 24.1. The zero-order valence-corrected chi connectivity index (χ0v) is 19.1. The molecule has 4 nitrogen and oxygen atoms in total. The Labute approximate surface area is 182 Å². The van der Waals surface area contributed by atoms with E-state index < -0.39 is 0 Å². The molecule has 0 saturated carbocycles. The first-order valence-electron chi connectivity index (χ1n) is 10.9. The standard InChI is InChI=1S/C16H16O2.C10H21NO/c1-13(11-17)15-7-9-16(10-8-15)18-12-14-5-3-2-4-6-14;1-5-9-7-10(12-4)6-8(2)11(9)3/h2-11,13H,12H2,1H3;8-10H,5-7H2,1-4H3. The van der Waals surface area contributed by atoms with Crippen LogP contribution in [0.5, 0.6) is 5.75 Å². The number of nitrogens with zero attached hydrogens (tertiary/aromatic N) is 1. The molecule has 3 rings (SSSR count). The number of hydrogen-bond donors (Lipinski definition) is 0. The van der Waals surface area contributed by atoms with E-state index in [4.69, 9.17) is 9.47 Å². The number of ether oxygens (including phenoxy) is 2. The van der Waals surface area contributed by atoms with E-state index in [-0.39, 0.29) is 5.92 Å². The maximum absolute atomic E-state index is 10.7. The summed E-state index contributed by atoms with van der Waals surface area (Å²) in [6.07, 6.45) is 5.05. The van der Waals surface area contributed by atoms with E-state index >= 15 is 0 Å². The molecule has 1 heterocycles. The third-order valence-corrected chi connectivity index (χ3v) is 6.07.